The zero-order chi connectivity index (χ0) is 19.2. The molecule has 0 bridgehead atoms. The van der Waals surface area contributed by atoms with E-state index in [0.29, 0.717) is 0 Å². The molecule has 0 saturated carbocycles. The Balaban J connectivity index is 1.77. The highest BCUT2D eigenvalue weighted by Crippen LogP contribution is 2.34. The fourth-order valence-electron chi connectivity index (χ4n) is 3.78. The smallest absolute Gasteiger partial charge is 0.224 e. The van der Waals surface area contributed by atoms with E-state index in [9.17, 15) is 9.18 Å². The van der Waals surface area contributed by atoms with Gasteiger partial charge in [-0.3, -0.25) is 9.69 Å². The van der Waals surface area contributed by atoms with Gasteiger partial charge in [0.1, 0.15) is 5.82 Å². The topological polar surface area (TPSA) is 32.3 Å². The molecule has 1 aliphatic heterocycles. The van der Waals surface area contributed by atoms with Crippen LogP contribution in [0, 0.1) is 11.7 Å². The predicted molar refractivity (Wildman–Crippen MR) is 107 cm³/mol. The number of halogens is 1. The number of nitrogens with zero attached hydrogens (tertiary/aromatic N) is 1. The number of rotatable bonds is 6. The largest absolute Gasteiger partial charge is 0.353 e. The maximum Gasteiger partial charge on any atom is 0.224 e. The van der Waals surface area contributed by atoms with Gasteiger partial charge in [-0.1, -0.05) is 49.4 Å². The SMILES string of the molecule is CC[C@H](C)NC(=O)[C@@H]1CC[C@H](c2ccc(F)cc2)N(Cc2ccccc2)C1. The third kappa shape index (κ3) is 5.16. The average Bonchev–Trinajstić information content (AvgIpc) is 2.69. The first kappa shape index (κ1) is 19.6. The van der Waals surface area contributed by atoms with Gasteiger partial charge in [0.05, 0.1) is 5.92 Å². The van der Waals surface area contributed by atoms with Gasteiger partial charge in [-0.25, -0.2) is 4.39 Å². The lowest BCUT2D eigenvalue weighted by atomic mass is 9.88. The summed E-state index contributed by atoms with van der Waals surface area (Å²) >= 11 is 0. The minimum absolute atomic E-state index is 0.000546. The number of likely N-dealkylation sites (tertiary alicyclic amines) is 1. The molecule has 2 aromatic carbocycles. The van der Waals surface area contributed by atoms with Crippen LogP contribution in [0.15, 0.2) is 54.6 Å². The predicted octanol–water partition coefficient (Wildman–Crippen LogP) is 4.69. The number of benzene rings is 2. The standard InChI is InChI=1S/C23H29FN2O/c1-3-17(2)25-23(27)20-11-14-22(19-9-12-21(24)13-10-19)26(16-20)15-18-7-5-4-6-8-18/h4-10,12-13,17,20,22H,3,11,14-16H2,1-2H3,(H,25,27)/t17-,20+,22+/m0/s1. The Morgan fingerprint density at radius 3 is 2.52 bits per heavy atom. The molecule has 0 aromatic heterocycles. The summed E-state index contributed by atoms with van der Waals surface area (Å²) in [5.74, 6) is -0.0608. The van der Waals surface area contributed by atoms with Crippen molar-refractivity contribution in [3.05, 3.63) is 71.5 Å². The van der Waals surface area contributed by atoms with Crippen LogP contribution in [0.3, 0.4) is 0 Å². The Bertz CT molecular complexity index is 732. The number of piperidine rings is 1. The van der Waals surface area contributed by atoms with Gasteiger partial charge >= 0.3 is 0 Å². The summed E-state index contributed by atoms with van der Waals surface area (Å²) in [6.45, 7) is 5.64. The van der Waals surface area contributed by atoms with Crippen molar-refractivity contribution in [3.63, 3.8) is 0 Å². The van der Waals surface area contributed by atoms with E-state index in [1.54, 1.807) is 0 Å². The van der Waals surface area contributed by atoms with Crippen LogP contribution >= 0.6 is 0 Å². The summed E-state index contributed by atoms with van der Waals surface area (Å²) in [6, 6.07) is 17.5. The summed E-state index contributed by atoms with van der Waals surface area (Å²) in [7, 11) is 0. The van der Waals surface area contributed by atoms with Gasteiger partial charge in [-0.05, 0) is 49.4 Å². The van der Waals surface area contributed by atoms with Gasteiger partial charge in [-0.15, -0.1) is 0 Å². The lowest BCUT2D eigenvalue weighted by Gasteiger charge is -2.40. The second-order valence-electron chi connectivity index (χ2n) is 7.57. The summed E-state index contributed by atoms with van der Waals surface area (Å²) in [5.41, 5.74) is 2.35. The van der Waals surface area contributed by atoms with Gasteiger partial charge in [0, 0.05) is 25.2 Å². The first-order valence-electron chi connectivity index (χ1n) is 9.90. The summed E-state index contributed by atoms with van der Waals surface area (Å²) in [5, 5.41) is 3.13. The third-order valence-electron chi connectivity index (χ3n) is 5.54. The van der Waals surface area contributed by atoms with E-state index >= 15 is 0 Å². The molecule has 2 aromatic rings. The Kier molecular flexibility index (Phi) is 6.62. The zero-order valence-electron chi connectivity index (χ0n) is 16.2. The van der Waals surface area contributed by atoms with Crippen molar-refractivity contribution in [2.45, 2.75) is 51.7 Å². The van der Waals surface area contributed by atoms with Crippen molar-refractivity contribution in [1.82, 2.24) is 10.2 Å². The lowest BCUT2D eigenvalue weighted by molar-refractivity contribution is -0.128. The first-order chi connectivity index (χ1) is 13.1. The highest BCUT2D eigenvalue weighted by Gasteiger charge is 2.33. The van der Waals surface area contributed by atoms with E-state index in [4.69, 9.17) is 0 Å². The van der Waals surface area contributed by atoms with E-state index in [2.05, 4.69) is 29.3 Å². The van der Waals surface area contributed by atoms with Gasteiger partial charge in [-0.2, -0.15) is 0 Å². The van der Waals surface area contributed by atoms with Gasteiger partial charge in [0.15, 0.2) is 0 Å². The molecule has 1 heterocycles. The molecule has 0 spiro atoms. The summed E-state index contributed by atoms with van der Waals surface area (Å²) in [4.78, 5) is 15.0. The molecule has 27 heavy (non-hydrogen) atoms. The first-order valence-corrected chi connectivity index (χ1v) is 9.90. The fraction of sp³-hybridized carbons (Fsp3) is 0.435. The Hall–Kier alpha value is -2.20. The lowest BCUT2D eigenvalue weighted by Crippen LogP contribution is -2.46. The molecule has 1 amide bonds. The normalized spacial score (nSPS) is 21.6. The van der Waals surface area contributed by atoms with Crippen molar-refractivity contribution in [2.75, 3.05) is 6.54 Å². The highest BCUT2D eigenvalue weighted by molar-refractivity contribution is 5.79. The number of hydrogen-bond acceptors (Lipinski definition) is 2. The second kappa shape index (κ2) is 9.14. The highest BCUT2D eigenvalue weighted by atomic mass is 19.1. The second-order valence-corrected chi connectivity index (χ2v) is 7.57. The number of hydrogen-bond donors (Lipinski definition) is 1. The Morgan fingerprint density at radius 1 is 1.15 bits per heavy atom. The monoisotopic (exact) mass is 368 g/mol. The maximum atomic E-state index is 13.4. The van der Waals surface area contributed by atoms with Crippen LogP contribution in [0.2, 0.25) is 0 Å². The minimum atomic E-state index is -0.213. The third-order valence-corrected chi connectivity index (χ3v) is 5.54. The van der Waals surface area contributed by atoms with Gasteiger partial charge in [0.2, 0.25) is 5.91 Å². The number of amides is 1. The molecule has 1 aliphatic rings. The summed E-state index contributed by atoms with van der Waals surface area (Å²) in [6.07, 6.45) is 2.69. The molecule has 3 nitrogen and oxygen atoms in total. The van der Waals surface area contributed by atoms with Crippen LogP contribution in [0.25, 0.3) is 0 Å². The minimum Gasteiger partial charge on any atom is -0.353 e. The molecule has 1 fully saturated rings. The van der Waals surface area contributed by atoms with Crippen molar-refractivity contribution in [2.24, 2.45) is 5.92 Å². The van der Waals surface area contributed by atoms with Gasteiger partial charge in [0.25, 0.3) is 0 Å². The number of nitrogens with one attached hydrogen (secondary N) is 1. The van der Waals surface area contributed by atoms with E-state index in [1.807, 2.05) is 37.3 Å². The quantitative estimate of drug-likeness (QED) is 0.802. The van der Waals surface area contributed by atoms with Crippen molar-refractivity contribution >= 4 is 5.91 Å². The molecular formula is C23H29FN2O. The Morgan fingerprint density at radius 2 is 1.85 bits per heavy atom. The molecule has 3 rings (SSSR count). The van der Waals surface area contributed by atoms with Crippen molar-refractivity contribution in [3.8, 4) is 0 Å². The average molecular weight is 368 g/mol. The van der Waals surface area contributed by atoms with Crippen LogP contribution in [-0.2, 0) is 11.3 Å². The van der Waals surface area contributed by atoms with Crippen LogP contribution in [0.1, 0.15) is 50.3 Å². The molecule has 1 saturated heterocycles. The fourth-order valence-corrected chi connectivity index (χ4v) is 3.78. The maximum absolute atomic E-state index is 13.4. The van der Waals surface area contributed by atoms with Crippen molar-refractivity contribution in [1.29, 1.82) is 0 Å². The van der Waals surface area contributed by atoms with Crippen LogP contribution in [0.5, 0.6) is 0 Å². The molecule has 4 heteroatoms. The van der Waals surface area contributed by atoms with Crippen molar-refractivity contribution < 1.29 is 9.18 Å². The molecular weight excluding hydrogens is 339 g/mol. The Labute approximate surface area is 161 Å². The van der Waals surface area contributed by atoms with Crippen LogP contribution in [-0.4, -0.2) is 23.4 Å². The molecule has 0 aliphatic carbocycles. The van der Waals surface area contributed by atoms with E-state index < -0.39 is 0 Å². The van der Waals surface area contributed by atoms with E-state index in [0.717, 1.165) is 37.9 Å². The molecule has 1 N–H and O–H groups in total. The summed E-state index contributed by atoms with van der Waals surface area (Å²) < 4.78 is 13.4. The van der Waals surface area contributed by atoms with E-state index in [1.165, 1.54) is 17.7 Å². The van der Waals surface area contributed by atoms with Crippen LogP contribution in [0.4, 0.5) is 4.39 Å². The van der Waals surface area contributed by atoms with E-state index in [-0.39, 0.29) is 29.7 Å². The zero-order valence-corrected chi connectivity index (χ0v) is 16.2. The molecule has 144 valence electrons. The van der Waals surface area contributed by atoms with Gasteiger partial charge < -0.3 is 5.32 Å². The molecule has 0 unspecified atom stereocenters. The van der Waals surface area contributed by atoms with Crippen LogP contribution < -0.4 is 5.32 Å². The number of carbonyl (C=O) groups is 1. The number of carbonyl (C=O) groups excluding carboxylic acids is 1. The molecule has 0 radical (unpaired) electrons. The molecule has 3 atom stereocenters.